The first-order valence-electron chi connectivity index (χ1n) is 7.63. The summed E-state index contributed by atoms with van der Waals surface area (Å²) in [7, 11) is 0. The molecule has 0 aliphatic rings. The first-order valence-corrected chi connectivity index (χ1v) is 7.63. The molecule has 0 aromatic heterocycles. The SMILES string of the molecule is CC(C)COc1ccc(CC(CN)CN)cc1C(C)C. The molecular formula is C17H30N2O. The Morgan fingerprint density at radius 2 is 1.70 bits per heavy atom. The maximum absolute atomic E-state index is 5.92. The lowest BCUT2D eigenvalue weighted by Crippen LogP contribution is -2.25. The van der Waals surface area contributed by atoms with E-state index < -0.39 is 0 Å². The predicted molar refractivity (Wildman–Crippen MR) is 86.2 cm³/mol. The monoisotopic (exact) mass is 278 g/mol. The molecule has 1 aromatic carbocycles. The summed E-state index contributed by atoms with van der Waals surface area (Å²) in [6.07, 6.45) is 0.942. The molecule has 114 valence electrons. The summed E-state index contributed by atoms with van der Waals surface area (Å²) in [5.74, 6) is 2.35. The molecule has 4 N–H and O–H groups in total. The first-order chi connectivity index (χ1) is 9.47. The normalized spacial score (nSPS) is 11.7. The molecule has 0 spiro atoms. The molecule has 1 rings (SSSR count). The van der Waals surface area contributed by atoms with Gasteiger partial charge in [0.05, 0.1) is 6.61 Å². The van der Waals surface area contributed by atoms with E-state index in [1.807, 2.05) is 0 Å². The zero-order chi connectivity index (χ0) is 15.1. The summed E-state index contributed by atoms with van der Waals surface area (Å²) in [6.45, 7) is 10.8. The average Bonchev–Trinajstić information content (AvgIpc) is 2.42. The molecule has 0 saturated heterocycles. The Morgan fingerprint density at radius 3 is 2.20 bits per heavy atom. The molecule has 20 heavy (non-hydrogen) atoms. The van der Waals surface area contributed by atoms with E-state index in [2.05, 4.69) is 45.9 Å². The van der Waals surface area contributed by atoms with Crippen LogP contribution in [0.3, 0.4) is 0 Å². The van der Waals surface area contributed by atoms with Gasteiger partial charge in [0, 0.05) is 0 Å². The highest BCUT2D eigenvalue weighted by molar-refractivity contribution is 5.39. The Hall–Kier alpha value is -1.06. The van der Waals surface area contributed by atoms with Gasteiger partial charge in [0.1, 0.15) is 5.75 Å². The second-order valence-corrected chi connectivity index (χ2v) is 6.27. The van der Waals surface area contributed by atoms with E-state index in [1.54, 1.807) is 0 Å². The summed E-state index contributed by atoms with van der Waals surface area (Å²) in [4.78, 5) is 0. The molecule has 0 unspecified atom stereocenters. The zero-order valence-electron chi connectivity index (χ0n) is 13.4. The Morgan fingerprint density at radius 1 is 1.05 bits per heavy atom. The van der Waals surface area contributed by atoms with Gasteiger partial charge in [-0.15, -0.1) is 0 Å². The van der Waals surface area contributed by atoms with Crippen molar-refractivity contribution < 1.29 is 4.74 Å². The van der Waals surface area contributed by atoms with E-state index >= 15 is 0 Å². The third kappa shape index (κ3) is 5.14. The maximum atomic E-state index is 5.92. The fraction of sp³-hybridized carbons (Fsp3) is 0.647. The minimum atomic E-state index is 0.359. The lowest BCUT2D eigenvalue weighted by Gasteiger charge is -2.18. The standard InChI is InChI=1S/C17H30N2O/c1-12(2)11-20-17-6-5-14(7-15(9-18)10-19)8-16(17)13(3)4/h5-6,8,12-13,15H,7,9-11,18-19H2,1-4H3. The topological polar surface area (TPSA) is 61.3 Å². The number of ether oxygens (including phenoxy) is 1. The van der Waals surface area contributed by atoms with Crippen molar-refractivity contribution in [1.82, 2.24) is 0 Å². The molecule has 3 heteroatoms. The van der Waals surface area contributed by atoms with E-state index in [-0.39, 0.29) is 0 Å². The highest BCUT2D eigenvalue weighted by atomic mass is 16.5. The Balaban J connectivity index is 2.88. The first kappa shape index (κ1) is 17.0. The quantitative estimate of drug-likeness (QED) is 0.768. The lowest BCUT2D eigenvalue weighted by molar-refractivity contribution is 0.267. The number of rotatable bonds is 8. The van der Waals surface area contributed by atoms with E-state index in [1.165, 1.54) is 11.1 Å². The molecule has 0 fully saturated rings. The van der Waals surface area contributed by atoms with Crippen LogP contribution < -0.4 is 16.2 Å². The number of nitrogens with two attached hydrogens (primary N) is 2. The molecule has 0 heterocycles. The van der Waals surface area contributed by atoms with Crippen LogP contribution in [0.5, 0.6) is 5.75 Å². The minimum absolute atomic E-state index is 0.359. The van der Waals surface area contributed by atoms with Crippen molar-refractivity contribution in [3.63, 3.8) is 0 Å². The van der Waals surface area contributed by atoms with Gasteiger partial charge < -0.3 is 16.2 Å². The number of benzene rings is 1. The van der Waals surface area contributed by atoms with Crippen LogP contribution in [0.2, 0.25) is 0 Å². The van der Waals surface area contributed by atoms with Gasteiger partial charge in [-0.1, -0.05) is 39.8 Å². The van der Waals surface area contributed by atoms with Gasteiger partial charge in [0.25, 0.3) is 0 Å². The largest absolute Gasteiger partial charge is 0.493 e. The fourth-order valence-corrected chi connectivity index (χ4v) is 2.16. The third-order valence-corrected chi connectivity index (χ3v) is 3.46. The van der Waals surface area contributed by atoms with Crippen molar-refractivity contribution in [1.29, 1.82) is 0 Å². The zero-order valence-corrected chi connectivity index (χ0v) is 13.4. The van der Waals surface area contributed by atoms with Gasteiger partial charge in [-0.3, -0.25) is 0 Å². The smallest absolute Gasteiger partial charge is 0.122 e. The van der Waals surface area contributed by atoms with Crippen LogP contribution in [0.15, 0.2) is 18.2 Å². The van der Waals surface area contributed by atoms with Crippen molar-refractivity contribution in [2.45, 2.75) is 40.0 Å². The summed E-state index contributed by atoms with van der Waals surface area (Å²) >= 11 is 0. The summed E-state index contributed by atoms with van der Waals surface area (Å²) in [5, 5.41) is 0. The molecule has 0 bridgehead atoms. The fourth-order valence-electron chi connectivity index (χ4n) is 2.16. The molecule has 0 amide bonds. The summed E-state index contributed by atoms with van der Waals surface area (Å²) in [5.41, 5.74) is 14.0. The molecule has 1 aromatic rings. The molecule has 0 radical (unpaired) electrons. The van der Waals surface area contributed by atoms with Gasteiger partial charge in [-0.2, -0.15) is 0 Å². The molecule has 0 aliphatic carbocycles. The Labute approximate surface area is 123 Å². The van der Waals surface area contributed by atoms with Crippen molar-refractivity contribution in [3.05, 3.63) is 29.3 Å². The summed E-state index contributed by atoms with van der Waals surface area (Å²) < 4.78 is 5.92. The number of hydrogen-bond acceptors (Lipinski definition) is 3. The highest BCUT2D eigenvalue weighted by Crippen LogP contribution is 2.28. The molecule has 0 aliphatic heterocycles. The van der Waals surface area contributed by atoms with Crippen LogP contribution in [-0.4, -0.2) is 19.7 Å². The second-order valence-electron chi connectivity index (χ2n) is 6.27. The van der Waals surface area contributed by atoms with Crippen LogP contribution in [0.1, 0.15) is 44.7 Å². The van der Waals surface area contributed by atoms with Crippen LogP contribution in [-0.2, 0) is 6.42 Å². The maximum Gasteiger partial charge on any atom is 0.122 e. The number of hydrogen-bond donors (Lipinski definition) is 2. The van der Waals surface area contributed by atoms with Gasteiger partial charge in [-0.05, 0) is 54.5 Å². The van der Waals surface area contributed by atoms with E-state index in [9.17, 15) is 0 Å². The predicted octanol–water partition coefficient (Wildman–Crippen LogP) is 2.92. The van der Waals surface area contributed by atoms with Gasteiger partial charge in [0.2, 0.25) is 0 Å². The molecule has 3 nitrogen and oxygen atoms in total. The van der Waals surface area contributed by atoms with Gasteiger partial charge in [-0.25, -0.2) is 0 Å². The van der Waals surface area contributed by atoms with Crippen molar-refractivity contribution in [2.75, 3.05) is 19.7 Å². The van der Waals surface area contributed by atoms with Crippen molar-refractivity contribution >= 4 is 0 Å². The van der Waals surface area contributed by atoms with Crippen molar-refractivity contribution in [3.8, 4) is 5.75 Å². The van der Waals surface area contributed by atoms with E-state index in [4.69, 9.17) is 16.2 Å². The second kappa shape index (κ2) is 8.28. The van der Waals surface area contributed by atoms with Crippen LogP contribution in [0.4, 0.5) is 0 Å². The van der Waals surface area contributed by atoms with Crippen LogP contribution in [0, 0.1) is 11.8 Å². The van der Waals surface area contributed by atoms with Crippen molar-refractivity contribution in [2.24, 2.45) is 23.3 Å². The third-order valence-electron chi connectivity index (χ3n) is 3.46. The Kier molecular flexibility index (Phi) is 7.03. The van der Waals surface area contributed by atoms with Crippen LogP contribution in [0.25, 0.3) is 0 Å². The summed E-state index contributed by atoms with van der Waals surface area (Å²) in [6, 6.07) is 6.48. The molecule has 0 saturated carbocycles. The minimum Gasteiger partial charge on any atom is -0.493 e. The molecule has 0 atom stereocenters. The molecular weight excluding hydrogens is 248 g/mol. The average molecular weight is 278 g/mol. The van der Waals surface area contributed by atoms with Gasteiger partial charge in [0.15, 0.2) is 0 Å². The highest BCUT2D eigenvalue weighted by Gasteiger charge is 2.12. The lowest BCUT2D eigenvalue weighted by atomic mass is 9.94. The van der Waals surface area contributed by atoms with Gasteiger partial charge >= 0.3 is 0 Å². The van der Waals surface area contributed by atoms with E-state index in [0.717, 1.165) is 18.8 Å². The van der Waals surface area contributed by atoms with E-state index in [0.29, 0.717) is 30.8 Å². The van der Waals surface area contributed by atoms with Crippen LogP contribution >= 0.6 is 0 Å². The Bertz CT molecular complexity index is 398.